The summed E-state index contributed by atoms with van der Waals surface area (Å²) in [5.74, 6) is -2.55. The second-order valence-corrected chi connectivity index (χ2v) is 13.0. The number of thioether (sulfide) groups is 1. The van der Waals surface area contributed by atoms with E-state index in [4.69, 9.17) is 18.9 Å². The van der Waals surface area contributed by atoms with E-state index in [1.165, 1.54) is 6.92 Å². The summed E-state index contributed by atoms with van der Waals surface area (Å²) in [7, 11) is 0. The van der Waals surface area contributed by atoms with Crippen LogP contribution in [-0.4, -0.2) is 53.4 Å². The predicted octanol–water partition coefficient (Wildman–Crippen LogP) is 7.76. The quantitative estimate of drug-likeness (QED) is 0.119. The Hall–Kier alpha value is -5.67. The van der Waals surface area contributed by atoms with E-state index >= 15 is 0 Å². The topological polar surface area (TPSA) is 105 Å². The molecule has 49 heavy (non-hydrogen) atoms. The van der Waals surface area contributed by atoms with Crippen molar-refractivity contribution in [3.05, 3.63) is 144 Å². The van der Waals surface area contributed by atoms with E-state index in [0.717, 1.165) is 44.1 Å². The Morgan fingerprint density at radius 2 is 0.918 bits per heavy atom. The lowest BCUT2D eigenvalue weighted by Crippen LogP contribution is -2.42. The normalized spacial score (nSPS) is 18.6. The summed E-state index contributed by atoms with van der Waals surface area (Å²) in [5.41, 5.74) is -0.134. The van der Waals surface area contributed by atoms with Crippen LogP contribution in [0.25, 0.3) is 32.3 Å². The van der Waals surface area contributed by atoms with Crippen LogP contribution in [0.3, 0.4) is 0 Å². The zero-order valence-electron chi connectivity index (χ0n) is 26.3. The largest absolute Gasteiger partial charge is 0.461 e. The lowest BCUT2D eigenvalue weighted by atomic mass is 10.1. The third kappa shape index (κ3) is 6.98. The number of carbonyl (C=O) groups is 4. The first-order valence-corrected chi connectivity index (χ1v) is 16.6. The number of esters is 4. The van der Waals surface area contributed by atoms with Gasteiger partial charge in [0.15, 0.2) is 17.6 Å². The van der Waals surface area contributed by atoms with Gasteiger partial charge in [-0.25, -0.2) is 14.4 Å². The summed E-state index contributed by atoms with van der Waals surface area (Å²) >= 11 is 1.10. The highest BCUT2D eigenvalue weighted by Gasteiger charge is 2.51. The standard InChI is InChI=1S/C40H30O8S/c1-24(41)46-40-36(48-39(44)33-19-16-27-10-4-7-13-30(27)22-33)35(47-38(43)32-18-15-26-9-3-6-12-29(26)21-32)34(49-40)23-45-37(42)31-17-14-25-8-2-5-11-28(25)20-31/h2-22,34-36,40H,23H2,1H3/t34-,35+,36-,40?/m1/s1. The first kappa shape index (κ1) is 31.9. The van der Waals surface area contributed by atoms with Gasteiger partial charge in [0.2, 0.25) is 0 Å². The van der Waals surface area contributed by atoms with E-state index in [2.05, 4.69) is 0 Å². The second-order valence-electron chi connectivity index (χ2n) is 11.7. The number of ether oxygens (including phenoxy) is 4. The molecule has 8 nitrogen and oxygen atoms in total. The number of rotatable bonds is 8. The van der Waals surface area contributed by atoms with Crippen molar-refractivity contribution in [2.45, 2.75) is 29.8 Å². The molecule has 0 amide bonds. The minimum absolute atomic E-state index is 0.215. The maximum atomic E-state index is 13.7. The number of fused-ring (bicyclic) bond motifs is 3. The minimum atomic E-state index is -1.21. The molecular weight excluding hydrogens is 640 g/mol. The molecule has 1 aliphatic heterocycles. The fourth-order valence-corrected chi connectivity index (χ4v) is 7.34. The maximum Gasteiger partial charge on any atom is 0.338 e. The molecule has 0 N–H and O–H groups in total. The first-order valence-electron chi connectivity index (χ1n) is 15.7. The molecular formula is C40H30O8S. The molecule has 7 rings (SSSR count). The predicted molar refractivity (Wildman–Crippen MR) is 187 cm³/mol. The third-order valence-corrected chi connectivity index (χ3v) is 9.76. The molecule has 0 radical (unpaired) electrons. The Balaban J connectivity index is 1.17. The van der Waals surface area contributed by atoms with Crippen LogP contribution in [0.4, 0.5) is 0 Å². The lowest BCUT2D eigenvalue weighted by Gasteiger charge is -2.25. The summed E-state index contributed by atoms with van der Waals surface area (Å²) in [6, 6.07) is 38.4. The molecule has 0 spiro atoms. The van der Waals surface area contributed by atoms with Crippen molar-refractivity contribution in [2.75, 3.05) is 6.61 Å². The molecule has 4 atom stereocenters. The Labute approximate surface area is 285 Å². The molecule has 6 aromatic carbocycles. The summed E-state index contributed by atoms with van der Waals surface area (Å²) < 4.78 is 23.4. The molecule has 0 saturated carbocycles. The van der Waals surface area contributed by atoms with E-state index < -0.39 is 46.8 Å². The highest BCUT2D eigenvalue weighted by molar-refractivity contribution is 8.00. The van der Waals surface area contributed by atoms with Crippen LogP contribution in [0.2, 0.25) is 0 Å². The second kappa shape index (κ2) is 13.8. The van der Waals surface area contributed by atoms with Crippen molar-refractivity contribution >= 4 is 68.0 Å². The van der Waals surface area contributed by atoms with Gasteiger partial charge in [0.25, 0.3) is 0 Å². The minimum Gasteiger partial charge on any atom is -0.461 e. The van der Waals surface area contributed by atoms with Crippen molar-refractivity contribution in [1.29, 1.82) is 0 Å². The van der Waals surface area contributed by atoms with Crippen molar-refractivity contribution < 1.29 is 38.1 Å². The van der Waals surface area contributed by atoms with Crippen LogP contribution in [0.1, 0.15) is 38.0 Å². The van der Waals surface area contributed by atoms with Gasteiger partial charge in [-0.15, -0.1) is 11.8 Å². The van der Waals surface area contributed by atoms with E-state index in [-0.39, 0.29) is 17.7 Å². The van der Waals surface area contributed by atoms with E-state index in [9.17, 15) is 19.2 Å². The Morgan fingerprint density at radius 3 is 1.37 bits per heavy atom. The monoisotopic (exact) mass is 670 g/mol. The molecule has 244 valence electrons. The Morgan fingerprint density at radius 1 is 0.510 bits per heavy atom. The van der Waals surface area contributed by atoms with E-state index in [0.29, 0.717) is 5.56 Å². The van der Waals surface area contributed by atoms with Gasteiger partial charge in [-0.1, -0.05) is 91.0 Å². The molecule has 0 bridgehead atoms. The highest BCUT2D eigenvalue weighted by atomic mass is 32.2. The molecule has 0 aromatic heterocycles. The van der Waals surface area contributed by atoms with Gasteiger partial charge < -0.3 is 18.9 Å². The van der Waals surface area contributed by atoms with E-state index in [1.807, 2.05) is 91.0 Å². The first-order chi connectivity index (χ1) is 23.8. The van der Waals surface area contributed by atoms with Crippen molar-refractivity contribution in [3.63, 3.8) is 0 Å². The van der Waals surface area contributed by atoms with Crippen LogP contribution < -0.4 is 0 Å². The van der Waals surface area contributed by atoms with Crippen LogP contribution in [0.5, 0.6) is 0 Å². The molecule has 1 unspecified atom stereocenters. The maximum absolute atomic E-state index is 13.7. The third-order valence-electron chi connectivity index (χ3n) is 8.37. The van der Waals surface area contributed by atoms with E-state index in [1.54, 1.807) is 36.4 Å². The average molecular weight is 671 g/mol. The molecule has 1 fully saturated rings. The Bertz CT molecular complexity index is 2230. The van der Waals surface area contributed by atoms with Gasteiger partial charge in [0.1, 0.15) is 6.61 Å². The van der Waals surface area contributed by atoms with Gasteiger partial charge in [0, 0.05) is 6.92 Å². The molecule has 6 aromatic rings. The highest BCUT2D eigenvalue weighted by Crippen LogP contribution is 2.40. The number of hydrogen-bond acceptors (Lipinski definition) is 9. The van der Waals surface area contributed by atoms with Gasteiger partial charge >= 0.3 is 23.9 Å². The van der Waals surface area contributed by atoms with Gasteiger partial charge in [-0.3, -0.25) is 4.79 Å². The summed E-state index contributed by atoms with van der Waals surface area (Å²) in [6.45, 7) is 1.03. The molecule has 9 heteroatoms. The average Bonchev–Trinajstić information content (AvgIpc) is 3.43. The molecule has 1 saturated heterocycles. The smallest absolute Gasteiger partial charge is 0.338 e. The van der Waals surface area contributed by atoms with Crippen molar-refractivity contribution in [3.8, 4) is 0 Å². The summed E-state index contributed by atoms with van der Waals surface area (Å²) in [5, 5.41) is 4.70. The van der Waals surface area contributed by atoms with Crippen molar-refractivity contribution in [2.24, 2.45) is 0 Å². The Kier molecular flexibility index (Phi) is 9.00. The van der Waals surface area contributed by atoms with Crippen LogP contribution in [0.15, 0.2) is 127 Å². The fraction of sp³-hybridized carbons (Fsp3) is 0.150. The lowest BCUT2D eigenvalue weighted by molar-refractivity contribution is -0.148. The fourth-order valence-electron chi connectivity index (χ4n) is 5.92. The molecule has 1 aliphatic rings. The summed E-state index contributed by atoms with van der Waals surface area (Å²) in [6.07, 6.45) is -2.34. The SMILES string of the molecule is CC(=O)OC1S[C@H](COC(=O)c2ccc3ccccc3c2)[C@H](OC(=O)c2ccc3ccccc3c2)[C@H]1OC(=O)c1ccc2ccccc2c1. The zero-order valence-corrected chi connectivity index (χ0v) is 27.1. The molecule has 0 aliphatic carbocycles. The number of carbonyl (C=O) groups excluding carboxylic acids is 4. The van der Waals surface area contributed by atoms with Crippen LogP contribution >= 0.6 is 11.8 Å². The van der Waals surface area contributed by atoms with Gasteiger partial charge in [-0.2, -0.15) is 0 Å². The van der Waals surface area contributed by atoms with Crippen LogP contribution in [0, 0.1) is 0 Å². The van der Waals surface area contributed by atoms with Crippen molar-refractivity contribution in [1.82, 2.24) is 0 Å². The molecule has 1 heterocycles. The zero-order chi connectivity index (χ0) is 33.9. The van der Waals surface area contributed by atoms with Gasteiger partial charge in [-0.05, 0) is 68.7 Å². The number of hydrogen-bond donors (Lipinski definition) is 0. The number of benzene rings is 6. The van der Waals surface area contributed by atoms with Crippen LogP contribution in [-0.2, 0) is 23.7 Å². The summed E-state index contributed by atoms with van der Waals surface area (Å²) in [4.78, 5) is 52.7. The van der Waals surface area contributed by atoms with Gasteiger partial charge in [0.05, 0.1) is 21.9 Å².